The van der Waals surface area contributed by atoms with Gasteiger partial charge in [0.05, 0.1) is 0 Å². The van der Waals surface area contributed by atoms with Crippen molar-refractivity contribution in [2.75, 3.05) is 26.8 Å². The van der Waals surface area contributed by atoms with Crippen molar-refractivity contribution in [1.82, 2.24) is 10.2 Å². The Bertz CT molecular complexity index is 367. The average Bonchev–Trinajstić information content (AvgIpc) is 2.48. The van der Waals surface area contributed by atoms with Gasteiger partial charge in [-0.1, -0.05) is 6.42 Å². The molecule has 1 heterocycles. The van der Waals surface area contributed by atoms with Gasteiger partial charge in [0.25, 0.3) is 0 Å². The monoisotopic (exact) mass is 297 g/mol. The second-order valence-corrected chi connectivity index (χ2v) is 6.22. The molecule has 2 atom stereocenters. The first-order valence-electron chi connectivity index (χ1n) is 7.92. The zero-order valence-electron chi connectivity index (χ0n) is 12.8. The molecule has 2 aliphatic rings. The van der Waals surface area contributed by atoms with Crippen LogP contribution in [0, 0.1) is 5.92 Å². The normalized spacial score (nSPS) is 27.4. The lowest BCUT2D eigenvalue weighted by Gasteiger charge is -2.34. The molecule has 1 saturated carbocycles. The van der Waals surface area contributed by atoms with Crippen LogP contribution in [-0.4, -0.2) is 55.6 Å². The highest BCUT2D eigenvalue weighted by Crippen LogP contribution is 2.23. The minimum absolute atomic E-state index is 0.0283. The van der Waals surface area contributed by atoms with Gasteiger partial charge in [0.15, 0.2) is 0 Å². The fourth-order valence-electron chi connectivity index (χ4n) is 3.27. The fourth-order valence-corrected chi connectivity index (χ4v) is 3.27. The van der Waals surface area contributed by atoms with Gasteiger partial charge in [-0.15, -0.1) is 0 Å². The Kier molecular flexibility index (Phi) is 5.99. The van der Waals surface area contributed by atoms with E-state index in [0.717, 1.165) is 38.5 Å². The topological polar surface area (TPSA) is 84.7 Å². The Balaban J connectivity index is 1.73. The maximum absolute atomic E-state index is 12.3. The van der Waals surface area contributed by atoms with Crippen molar-refractivity contribution < 1.29 is 14.3 Å². The van der Waals surface area contributed by atoms with Crippen LogP contribution in [0.1, 0.15) is 38.5 Å². The van der Waals surface area contributed by atoms with Crippen molar-refractivity contribution in [1.29, 1.82) is 0 Å². The average molecular weight is 297 g/mol. The van der Waals surface area contributed by atoms with Crippen molar-refractivity contribution in [3.05, 3.63) is 0 Å². The summed E-state index contributed by atoms with van der Waals surface area (Å²) in [7, 11) is 1.53. The Morgan fingerprint density at radius 3 is 2.57 bits per heavy atom. The first-order valence-corrected chi connectivity index (χ1v) is 7.92. The van der Waals surface area contributed by atoms with Crippen LogP contribution in [0.15, 0.2) is 0 Å². The van der Waals surface area contributed by atoms with Gasteiger partial charge < -0.3 is 20.7 Å². The zero-order valence-corrected chi connectivity index (χ0v) is 12.8. The highest BCUT2D eigenvalue weighted by Gasteiger charge is 2.29. The highest BCUT2D eigenvalue weighted by atomic mass is 16.5. The van der Waals surface area contributed by atoms with Crippen LogP contribution in [0.2, 0.25) is 0 Å². The summed E-state index contributed by atoms with van der Waals surface area (Å²) >= 11 is 0. The third-order valence-corrected chi connectivity index (χ3v) is 4.55. The number of ether oxygens (including phenoxy) is 1. The molecule has 0 spiro atoms. The molecular weight excluding hydrogens is 270 g/mol. The molecule has 6 nitrogen and oxygen atoms in total. The number of nitrogens with zero attached hydrogens (tertiary/aromatic N) is 1. The van der Waals surface area contributed by atoms with Crippen LogP contribution in [-0.2, 0) is 14.3 Å². The molecular formula is C15H27N3O3. The van der Waals surface area contributed by atoms with Crippen molar-refractivity contribution in [3.8, 4) is 0 Å². The predicted molar refractivity (Wildman–Crippen MR) is 79.6 cm³/mol. The molecule has 2 rings (SSSR count). The summed E-state index contributed by atoms with van der Waals surface area (Å²) in [6.45, 7) is 1.52. The maximum atomic E-state index is 12.3. The highest BCUT2D eigenvalue weighted by molar-refractivity contribution is 5.79. The van der Waals surface area contributed by atoms with E-state index in [1.165, 1.54) is 7.11 Å². The summed E-state index contributed by atoms with van der Waals surface area (Å²) < 4.78 is 4.86. The van der Waals surface area contributed by atoms with Gasteiger partial charge in [-0.25, -0.2) is 0 Å². The molecule has 2 fully saturated rings. The second-order valence-electron chi connectivity index (χ2n) is 6.22. The van der Waals surface area contributed by atoms with Crippen molar-refractivity contribution in [2.45, 2.75) is 50.6 Å². The molecule has 0 radical (unpaired) electrons. The van der Waals surface area contributed by atoms with E-state index in [0.29, 0.717) is 13.1 Å². The number of amides is 2. The SMILES string of the molecule is COCC(=O)N1CCC(NC(=O)C2CCCC(N)C2)CC1. The molecule has 2 unspecified atom stereocenters. The van der Waals surface area contributed by atoms with Gasteiger partial charge in [0.1, 0.15) is 6.61 Å². The summed E-state index contributed by atoms with van der Waals surface area (Å²) in [5.74, 6) is 0.245. The lowest BCUT2D eigenvalue weighted by molar-refractivity contribution is -0.136. The van der Waals surface area contributed by atoms with Gasteiger partial charge in [-0.05, 0) is 32.1 Å². The minimum atomic E-state index is 0.0283. The van der Waals surface area contributed by atoms with E-state index < -0.39 is 0 Å². The zero-order chi connectivity index (χ0) is 15.2. The van der Waals surface area contributed by atoms with E-state index in [2.05, 4.69) is 5.32 Å². The number of nitrogens with two attached hydrogens (primary N) is 1. The van der Waals surface area contributed by atoms with Gasteiger partial charge in [-0.2, -0.15) is 0 Å². The number of hydrogen-bond donors (Lipinski definition) is 2. The Labute approximate surface area is 126 Å². The standard InChI is InChI=1S/C15H27N3O3/c1-21-10-14(19)18-7-5-13(6-8-18)17-15(20)11-3-2-4-12(16)9-11/h11-13H,2-10,16H2,1H3,(H,17,20). The number of methoxy groups -OCH3 is 1. The van der Waals surface area contributed by atoms with E-state index in [4.69, 9.17) is 10.5 Å². The quantitative estimate of drug-likeness (QED) is 0.779. The maximum Gasteiger partial charge on any atom is 0.248 e. The predicted octanol–water partition coefficient (Wildman–Crippen LogP) is 0.258. The van der Waals surface area contributed by atoms with E-state index in [1.807, 2.05) is 4.90 Å². The molecule has 6 heteroatoms. The lowest BCUT2D eigenvalue weighted by atomic mass is 9.85. The number of nitrogens with one attached hydrogen (secondary N) is 1. The summed E-state index contributed by atoms with van der Waals surface area (Å²) in [6.07, 6.45) is 5.47. The van der Waals surface area contributed by atoms with E-state index in [9.17, 15) is 9.59 Å². The Morgan fingerprint density at radius 2 is 1.95 bits per heavy atom. The first kappa shape index (κ1) is 16.2. The largest absolute Gasteiger partial charge is 0.375 e. The van der Waals surface area contributed by atoms with E-state index in [-0.39, 0.29) is 36.4 Å². The van der Waals surface area contributed by atoms with E-state index >= 15 is 0 Å². The molecule has 0 aromatic rings. The Morgan fingerprint density at radius 1 is 1.24 bits per heavy atom. The molecule has 1 aliphatic carbocycles. The second kappa shape index (κ2) is 7.75. The van der Waals surface area contributed by atoms with Gasteiger partial charge >= 0.3 is 0 Å². The lowest BCUT2D eigenvalue weighted by Crippen LogP contribution is -2.49. The summed E-state index contributed by atoms with van der Waals surface area (Å²) in [5, 5.41) is 3.14. The number of piperidine rings is 1. The molecule has 3 N–H and O–H groups in total. The van der Waals surface area contributed by atoms with Crippen LogP contribution in [0.25, 0.3) is 0 Å². The van der Waals surface area contributed by atoms with E-state index in [1.54, 1.807) is 0 Å². The number of carbonyl (C=O) groups is 2. The first-order chi connectivity index (χ1) is 10.1. The fraction of sp³-hybridized carbons (Fsp3) is 0.867. The number of hydrogen-bond acceptors (Lipinski definition) is 4. The number of carbonyl (C=O) groups excluding carboxylic acids is 2. The van der Waals surface area contributed by atoms with Crippen molar-refractivity contribution >= 4 is 11.8 Å². The van der Waals surface area contributed by atoms with Gasteiger partial charge in [-0.3, -0.25) is 9.59 Å². The molecule has 2 amide bonds. The number of likely N-dealkylation sites (tertiary alicyclic amines) is 1. The van der Waals surface area contributed by atoms with Gasteiger partial charge in [0.2, 0.25) is 11.8 Å². The molecule has 1 saturated heterocycles. The molecule has 0 bridgehead atoms. The third kappa shape index (κ3) is 4.68. The van der Waals surface area contributed by atoms with Crippen LogP contribution in [0.3, 0.4) is 0 Å². The smallest absolute Gasteiger partial charge is 0.248 e. The molecule has 120 valence electrons. The molecule has 1 aliphatic heterocycles. The third-order valence-electron chi connectivity index (χ3n) is 4.55. The van der Waals surface area contributed by atoms with Crippen molar-refractivity contribution in [2.24, 2.45) is 11.7 Å². The van der Waals surface area contributed by atoms with Crippen LogP contribution < -0.4 is 11.1 Å². The van der Waals surface area contributed by atoms with Crippen LogP contribution in [0.5, 0.6) is 0 Å². The molecule has 0 aromatic carbocycles. The minimum Gasteiger partial charge on any atom is -0.375 e. The van der Waals surface area contributed by atoms with Crippen molar-refractivity contribution in [3.63, 3.8) is 0 Å². The van der Waals surface area contributed by atoms with Crippen LogP contribution in [0.4, 0.5) is 0 Å². The van der Waals surface area contributed by atoms with Gasteiger partial charge in [0, 0.05) is 38.2 Å². The van der Waals surface area contributed by atoms with Crippen LogP contribution >= 0.6 is 0 Å². The number of rotatable bonds is 4. The molecule has 21 heavy (non-hydrogen) atoms. The molecule has 0 aromatic heterocycles. The summed E-state index contributed by atoms with van der Waals surface area (Å²) in [6, 6.07) is 0.352. The summed E-state index contributed by atoms with van der Waals surface area (Å²) in [5.41, 5.74) is 5.94. The Hall–Kier alpha value is -1.14. The summed E-state index contributed by atoms with van der Waals surface area (Å²) in [4.78, 5) is 25.8.